The highest BCUT2D eigenvalue weighted by molar-refractivity contribution is 8.00. The molecule has 1 aromatic carbocycles. The molecule has 5 rings (SSSR count). The van der Waals surface area contributed by atoms with Gasteiger partial charge in [0.05, 0.1) is 50.2 Å². The van der Waals surface area contributed by atoms with Gasteiger partial charge in [0.15, 0.2) is 11.6 Å². The average Bonchev–Trinajstić information content (AvgIpc) is 3.75. The van der Waals surface area contributed by atoms with E-state index in [-0.39, 0.29) is 24.4 Å². The molecule has 4 heterocycles. The smallest absolute Gasteiger partial charge is 0.320 e. The number of benzene rings is 1. The summed E-state index contributed by atoms with van der Waals surface area (Å²) in [6.07, 6.45) is 3.83. The Hall–Kier alpha value is -3.52. The molecule has 0 spiro atoms. The van der Waals surface area contributed by atoms with Crippen LogP contribution in [0.1, 0.15) is 22.5 Å². The number of esters is 2. The number of Topliss-reactive ketones (excluding diaryl/α,β-unsaturated/α-hetero) is 2. The van der Waals surface area contributed by atoms with Crippen LogP contribution in [0.3, 0.4) is 0 Å². The van der Waals surface area contributed by atoms with Crippen LogP contribution in [0.5, 0.6) is 0 Å². The lowest BCUT2D eigenvalue weighted by Crippen LogP contribution is -2.41. The van der Waals surface area contributed by atoms with Crippen molar-refractivity contribution in [2.24, 2.45) is 10.8 Å². The van der Waals surface area contributed by atoms with E-state index in [2.05, 4.69) is 20.6 Å². The summed E-state index contributed by atoms with van der Waals surface area (Å²) in [7, 11) is 2.58. The molecule has 0 radical (unpaired) electrons. The molecule has 0 aliphatic carbocycles. The van der Waals surface area contributed by atoms with Crippen LogP contribution in [0.4, 0.5) is 0 Å². The van der Waals surface area contributed by atoms with E-state index in [9.17, 15) is 19.2 Å². The monoisotopic (exact) mass is 584 g/mol. The van der Waals surface area contributed by atoms with Gasteiger partial charge in [-0.15, -0.1) is 10.2 Å². The molecule has 2 saturated heterocycles. The Bertz CT molecular complexity index is 1330. The van der Waals surface area contributed by atoms with Crippen LogP contribution >= 0.6 is 23.5 Å². The number of ketones is 2. The first-order valence-corrected chi connectivity index (χ1v) is 14.8. The number of aromatic nitrogens is 6. The number of methoxy groups -OCH3 is 2. The molecule has 2 aromatic heterocycles. The largest absolute Gasteiger partial charge is 0.468 e. The van der Waals surface area contributed by atoms with Crippen molar-refractivity contribution < 1.29 is 28.7 Å². The van der Waals surface area contributed by atoms with Crippen molar-refractivity contribution >= 4 is 47.0 Å². The number of ether oxygens (including phenoxy) is 2. The van der Waals surface area contributed by atoms with E-state index >= 15 is 0 Å². The number of thioether (sulfide) groups is 2. The van der Waals surface area contributed by atoms with Crippen molar-refractivity contribution in [3.8, 4) is 0 Å². The predicted molar refractivity (Wildman–Crippen MR) is 146 cm³/mol. The maximum Gasteiger partial charge on any atom is 0.320 e. The Kier molecular flexibility index (Phi) is 8.08. The third-order valence-electron chi connectivity index (χ3n) is 7.23. The van der Waals surface area contributed by atoms with E-state index in [4.69, 9.17) is 9.47 Å². The van der Waals surface area contributed by atoms with Gasteiger partial charge >= 0.3 is 11.9 Å². The number of rotatable bonds is 10. The molecule has 2 atom stereocenters. The molecular weight excluding hydrogens is 556 g/mol. The quantitative estimate of drug-likeness (QED) is 0.247. The Morgan fingerprint density at radius 1 is 0.775 bits per heavy atom. The number of carbonyl (C=O) groups is 4. The van der Waals surface area contributed by atoms with E-state index in [1.807, 2.05) is 24.3 Å². The summed E-state index contributed by atoms with van der Waals surface area (Å²) in [4.78, 5) is 49.8. The highest BCUT2D eigenvalue weighted by Crippen LogP contribution is 2.38. The van der Waals surface area contributed by atoms with Crippen LogP contribution < -0.4 is 0 Å². The van der Waals surface area contributed by atoms with Crippen LogP contribution in [0.2, 0.25) is 0 Å². The maximum absolute atomic E-state index is 12.5. The van der Waals surface area contributed by atoms with Gasteiger partial charge in [0.1, 0.15) is 10.8 Å². The molecule has 2 aliphatic rings. The Morgan fingerprint density at radius 3 is 1.50 bits per heavy atom. The van der Waals surface area contributed by atoms with Crippen LogP contribution in [0.15, 0.2) is 36.7 Å². The second-order valence-corrected chi connectivity index (χ2v) is 11.9. The van der Waals surface area contributed by atoms with Gasteiger partial charge in [-0.2, -0.15) is 23.5 Å². The van der Waals surface area contributed by atoms with Gasteiger partial charge in [-0.3, -0.25) is 19.2 Å². The lowest BCUT2D eigenvalue weighted by molar-refractivity contribution is -0.156. The number of hydrogen-bond acceptors (Lipinski definition) is 12. The van der Waals surface area contributed by atoms with Crippen LogP contribution in [-0.4, -0.2) is 90.7 Å². The Labute approximate surface area is 238 Å². The molecule has 2 fully saturated rings. The van der Waals surface area contributed by atoms with Gasteiger partial charge in [0, 0.05) is 36.7 Å². The van der Waals surface area contributed by atoms with Crippen molar-refractivity contribution in [3.05, 3.63) is 59.2 Å². The van der Waals surface area contributed by atoms with Gasteiger partial charge in [0.2, 0.25) is 0 Å². The zero-order chi connectivity index (χ0) is 28.3. The first kappa shape index (κ1) is 28.0. The predicted octanol–water partition coefficient (Wildman–Crippen LogP) is 1.00. The Morgan fingerprint density at radius 2 is 1.18 bits per heavy atom. The minimum atomic E-state index is -1.20. The highest BCUT2D eigenvalue weighted by atomic mass is 32.2. The molecule has 14 heteroatoms. The van der Waals surface area contributed by atoms with E-state index < -0.39 is 22.8 Å². The highest BCUT2D eigenvalue weighted by Gasteiger charge is 2.51. The van der Waals surface area contributed by atoms with Crippen LogP contribution in [-0.2, 0) is 54.6 Å². The summed E-state index contributed by atoms with van der Waals surface area (Å²) in [5.74, 6) is 0.0117. The molecule has 12 nitrogen and oxygen atoms in total. The summed E-state index contributed by atoms with van der Waals surface area (Å²) in [6.45, 7) is 0.937. The summed E-state index contributed by atoms with van der Waals surface area (Å²) in [5.41, 5.74) is 0.709. The van der Waals surface area contributed by atoms with Gasteiger partial charge in [-0.05, 0) is 11.1 Å². The first-order chi connectivity index (χ1) is 19.3. The van der Waals surface area contributed by atoms with Gasteiger partial charge in [-0.1, -0.05) is 34.7 Å². The van der Waals surface area contributed by atoms with Crippen LogP contribution in [0, 0.1) is 10.8 Å². The fourth-order valence-corrected chi connectivity index (χ4v) is 7.58. The molecule has 3 aromatic rings. The SMILES string of the molecule is COC(=O)C1(Cc2cn(Cc3ccc(Cn4cc(CC5(C(=O)OC)CSCC5=O)nn4)cc3)nn2)CSCC1=O. The van der Waals surface area contributed by atoms with Crippen LogP contribution in [0.25, 0.3) is 0 Å². The minimum Gasteiger partial charge on any atom is -0.468 e. The normalized spacial score (nSPS) is 22.6. The number of carbonyl (C=O) groups excluding carboxylic acids is 4. The first-order valence-electron chi connectivity index (χ1n) is 12.5. The maximum atomic E-state index is 12.5. The zero-order valence-corrected chi connectivity index (χ0v) is 23.7. The summed E-state index contributed by atoms with van der Waals surface area (Å²) in [5, 5.41) is 16.7. The summed E-state index contributed by atoms with van der Waals surface area (Å²) < 4.78 is 13.2. The van der Waals surface area contributed by atoms with Crippen molar-refractivity contribution in [2.45, 2.75) is 25.9 Å². The molecular formula is C26H28N6O6S2. The number of hydrogen-bond donors (Lipinski definition) is 0. The average molecular weight is 585 g/mol. The van der Waals surface area contributed by atoms with Crippen molar-refractivity contribution in [1.29, 1.82) is 0 Å². The fourth-order valence-electron chi connectivity index (χ4n) is 4.99. The van der Waals surface area contributed by atoms with E-state index in [1.165, 1.54) is 37.7 Å². The Balaban J connectivity index is 1.20. The molecule has 0 amide bonds. The summed E-state index contributed by atoms with van der Waals surface area (Å²) in [6, 6.07) is 7.90. The topological polar surface area (TPSA) is 148 Å². The molecule has 210 valence electrons. The van der Waals surface area contributed by atoms with Crippen molar-refractivity contribution in [3.63, 3.8) is 0 Å². The molecule has 0 bridgehead atoms. The third kappa shape index (κ3) is 5.42. The fraction of sp³-hybridized carbons (Fsp3) is 0.462. The lowest BCUT2D eigenvalue weighted by Gasteiger charge is -2.21. The second kappa shape index (κ2) is 11.5. The van der Waals surface area contributed by atoms with Crippen molar-refractivity contribution in [2.75, 3.05) is 37.2 Å². The number of nitrogens with zero attached hydrogens (tertiary/aromatic N) is 6. The second-order valence-electron chi connectivity index (χ2n) is 9.96. The molecule has 0 N–H and O–H groups in total. The lowest BCUT2D eigenvalue weighted by atomic mass is 9.82. The van der Waals surface area contributed by atoms with E-state index in [1.54, 1.807) is 21.8 Å². The molecule has 40 heavy (non-hydrogen) atoms. The minimum absolute atomic E-state index is 0.136. The van der Waals surface area contributed by atoms with E-state index in [0.717, 1.165) is 11.1 Å². The molecule has 2 unspecified atom stereocenters. The van der Waals surface area contributed by atoms with Gasteiger partial charge in [0.25, 0.3) is 0 Å². The zero-order valence-electron chi connectivity index (χ0n) is 22.1. The van der Waals surface area contributed by atoms with E-state index in [0.29, 0.717) is 47.5 Å². The van der Waals surface area contributed by atoms with Crippen molar-refractivity contribution in [1.82, 2.24) is 30.0 Å². The molecule has 0 saturated carbocycles. The summed E-state index contributed by atoms with van der Waals surface area (Å²) >= 11 is 2.85. The van der Waals surface area contributed by atoms with Gasteiger partial charge < -0.3 is 9.47 Å². The molecule has 2 aliphatic heterocycles. The standard InChI is InChI=1S/C26H28N6O6S2/c1-37-23(35)25(15-39-13-21(25)33)7-19-11-31(29-27-19)9-17-3-5-18(6-4-17)10-32-12-20(28-30-32)8-26(24(36)38-2)16-40-14-22(26)34/h3-6,11-12H,7-10,13-16H2,1-2H3. The van der Waals surface area contributed by atoms with Gasteiger partial charge in [-0.25, -0.2) is 9.36 Å². The third-order valence-corrected chi connectivity index (χ3v) is 9.56.